The van der Waals surface area contributed by atoms with Crippen LogP contribution < -0.4 is 4.31 Å². The summed E-state index contributed by atoms with van der Waals surface area (Å²) in [6.07, 6.45) is 4.82. The van der Waals surface area contributed by atoms with Gasteiger partial charge in [0.15, 0.2) is 0 Å². The van der Waals surface area contributed by atoms with Gasteiger partial charge in [0.25, 0.3) is 0 Å². The zero-order valence-corrected chi connectivity index (χ0v) is 26.5. The minimum atomic E-state index is -3.62. The van der Waals surface area contributed by atoms with Gasteiger partial charge < -0.3 is 4.90 Å². The lowest BCUT2D eigenvalue weighted by Crippen LogP contribution is -2.59. The maximum Gasteiger partial charge on any atom is 0.234 e. The molecule has 2 aliphatic rings. The first-order valence-corrected chi connectivity index (χ1v) is 16.9. The molecule has 1 saturated heterocycles. The zero-order chi connectivity index (χ0) is 30.1. The maximum absolute atomic E-state index is 14.8. The molecular weight excluding hydrogens is 587 g/mol. The number of halogens is 2. The Bertz CT molecular complexity index is 1530. The molecule has 1 heterocycles. The van der Waals surface area contributed by atoms with Gasteiger partial charge in [0.1, 0.15) is 0 Å². The second kappa shape index (κ2) is 12.4. The predicted octanol–water partition coefficient (Wildman–Crippen LogP) is 8.27. The Morgan fingerprint density at radius 1 is 1.00 bits per heavy atom. The fourth-order valence-electron chi connectivity index (χ4n) is 6.50. The molecule has 1 aliphatic carbocycles. The highest BCUT2D eigenvalue weighted by Crippen LogP contribution is 2.54. The molecule has 0 spiro atoms. The van der Waals surface area contributed by atoms with Crippen molar-refractivity contribution in [2.24, 2.45) is 11.3 Å². The van der Waals surface area contributed by atoms with Crippen LogP contribution in [-0.4, -0.2) is 37.6 Å². The number of likely N-dealkylation sites (tertiary alicyclic amines) is 1. The van der Waals surface area contributed by atoms with Crippen molar-refractivity contribution in [1.29, 1.82) is 0 Å². The number of rotatable bonds is 11. The van der Waals surface area contributed by atoms with Gasteiger partial charge in [0, 0.05) is 16.0 Å². The molecule has 0 aromatic heterocycles. The first kappa shape index (κ1) is 30.7. The van der Waals surface area contributed by atoms with Gasteiger partial charge in [0.05, 0.1) is 35.5 Å². The number of carbonyl (C=O) groups is 1. The smallest absolute Gasteiger partial charge is 0.234 e. The van der Waals surface area contributed by atoms with Gasteiger partial charge >= 0.3 is 0 Å². The highest BCUT2D eigenvalue weighted by molar-refractivity contribution is 7.92. The molecule has 42 heavy (non-hydrogen) atoms. The number of allylic oxidation sites excluding steroid dienone is 1. The second-order valence-electron chi connectivity index (χ2n) is 11.8. The number of benzene rings is 3. The van der Waals surface area contributed by atoms with Gasteiger partial charge in [0.2, 0.25) is 15.9 Å². The molecular formula is C34H38Cl2N2O3S. The van der Waals surface area contributed by atoms with Gasteiger partial charge in [-0.3, -0.25) is 9.10 Å². The standard InChI is InChI=1S/C34H38Cl2N2O3S/c1-4-20-34(3)22-30(26-10-9-11-28(36)21-26)32(25-16-18-27(35)19-17-25)38(33(34)39)31(24-14-15-24)23-37(42(40,41)5-2)29-12-7-6-8-13-29/h4,6-13,16-19,21,24,30-32H,1,5,14-15,20,22-23H2,2-3H3/t30-,31+,32-,34+/m1/s1. The van der Waals surface area contributed by atoms with Crippen molar-refractivity contribution >= 4 is 44.8 Å². The first-order chi connectivity index (χ1) is 20.1. The zero-order valence-electron chi connectivity index (χ0n) is 24.1. The number of hydrogen-bond acceptors (Lipinski definition) is 3. The van der Waals surface area contributed by atoms with Crippen molar-refractivity contribution in [3.8, 4) is 0 Å². The molecule has 1 amide bonds. The number of anilines is 1. The van der Waals surface area contributed by atoms with E-state index in [0.717, 1.165) is 24.0 Å². The Hall–Kier alpha value is -2.80. The fraction of sp³-hybridized carbons (Fsp3) is 0.382. The van der Waals surface area contributed by atoms with Crippen LogP contribution in [0.3, 0.4) is 0 Å². The number of carbonyl (C=O) groups excluding carboxylic acids is 1. The molecule has 222 valence electrons. The van der Waals surface area contributed by atoms with Gasteiger partial charge in [-0.2, -0.15) is 0 Å². The summed E-state index contributed by atoms with van der Waals surface area (Å²) in [4.78, 5) is 16.8. The number of nitrogens with zero attached hydrogens (tertiary/aromatic N) is 2. The van der Waals surface area contributed by atoms with Crippen molar-refractivity contribution in [3.05, 3.63) is 113 Å². The summed E-state index contributed by atoms with van der Waals surface area (Å²) in [5, 5.41) is 1.26. The Morgan fingerprint density at radius 2 is 1.69 bits per heavy atom. The average Bonchev–Trinajstić information content (AvgIpc) is 3.82. The number of hydrogen-bond donors (Lipinski definition) is 0. The molecule has 0 bridgehead atoms. The summed E-state index contributed by atoms with van der Waals surface area (Å²) in [6.45, 7) is 7.85. The summed E-state index contributed by atoms with van der Waals surface area (Å²) >= 11 is 12.8. The van der Waals surface area contributed by atoms with E-state index in [1.165, 1.54) is 4.31 Å². The predicted molar refractivity (Wildman–Crippen MR) is 173 cm³/mol. The van der Waals surface area contributed by atoms with Gasteiger partial charge in [-0.15, -0.1) is 6.58 Å². The molecule has 5 rings (SSSR count). The van der Waals surface area contributed by atoms with E-state index in [0.29, 0.717) is 28.6 Å². The maximum atomic E-state index is 14.8. The molecule has 1 aliphatic heterocycles. The van der Waals surface area contributed by atoms with E-state index >= 15 is 0 Å². The fourth-order valence-corrected chi connectivity index (χ4v) is 7.96. The Morgan fingerprint density at radius 3 is 2.29 bits per heavy atom. The largest absolute Gasteiger partial charge is 0.329 e. The van der Waals surface area contributed by atoms with Gasteiger partial charge in [-0.25, -0.2) is 8.42 Å². The van der Waals surface area contributed by atoms with E-state index in [1.54, 1.807) is 6.92 Å². The van der Waals surface area contributed by atoms with Crippen LogP contribution in [0.25, 0.3) is 0 Å². The molecule has 2 fully saturated rings. The number of para-hydroxylation sites is 1. The third kappa shape index (κ3) is 6.27. The van der Waals surface area contributed by atoms with Crippen LogP contribution in [-0.2, 0) is 14.8 Å². The van der Waals surface area contributed by atoms with E-state index in [4.69, 9.17) is 23.2 Å². The van der Waals surface area contributed by atoms with Crippen LogP contribution in [0.5, 0.6) is 0 Å². The van der Waals surface area contributed by atoms with Gasteiger partial charge in [-0.1, -0.05) is 78.7 Å². The van der Waals surface area contributed by atoms with Crippen molar-refractivity contribution in [1.82, 2.24) is 4.90 Å². The van der Waals surface area contributed by atoms with Crippen molar-refractivity contribution < 1.29 is 13.2 Å². The lowest BCUT2D eigenvalue weighted by atomic mass is 9.67. The Labute approximate surface area is 260 Å². The lowest BCUT2D eigenvalue weighted by Gasteiger charge is -2.53. The van der Waals surface area contributed by atoms with Crippen molar-refractivity contribution in [2.75, 3.05) is 16.6 Å². The minimum absolute atomic E-state index is 0.0273. The first-order valence-electron chi connectivity index (χ1n) is 14.6. The number of amides is 1. The SMILES string of the molecule is C=CC[C@@]1(C)C[C@H](c2cccc(Cl)c2)[C@@H](c2ccc(Cl)cc2)N([C@@H](CN(c2ccccc2)S(=O)(=O)CC)C2CC2)C1=O. The molecule has 0 N–H and O–H groups in total. The van der Waals surface area contributed by atoms with E-state index in [-0.39, 0.29) is 42.1 Å². The Kier molecular flexibility index (Phi) is 9.08. The quantitative estimate of drug-likeness (QED) is 0.202. The van der Waals surface area contributed by atoms with Gasteiger partial charge in [-0.05, 0) is 86.1 Å². The summed E-state index contributed by atoms with van der Waals surface area (Å²) in [6, 6.07) is 24.1. The monoisotopic (exact) mass is 624 g/mol. The molecule has 5 nitrogen and oxygen atoms in total. The summed E-state index contributed by atoms with van der Waals surface area (Å²) in [7, 11) is -3.62. The molecule has 3 aromatic carbocycles. The van der Waals surface area contributed by atoms with E-state index in [9.17, 15) is 13.2 Å². The Balaban J connectivity index is 1.70. The van der Waals surface area contributed by atoms with E-state index in [1.807, 2.05) is 90.7 Å². The normalized spacial score (nSPS) is 23.4. The van der Waals surface area contributed by atoms with Crippen molar-refractivity contribution in [3.63, 3.8) is 0 Å². The summed E-state index contributed by atoms with van der Waals surface area (Å²) < 4.78 is 28.6. The minimum Gasteiger partial charge on any atom is -0.329 e. The third-order valence-corrected chi connectivity index (χ3v) is 11.1. The van der Waals surface area contributed by atoms with Crippen LogP contribution in [0.15, 0.2) is 91.5 Å². The molecule has 0 unspecified atom stereocenters. The molecule has 3 aromatic rings. The van der Waals surface area contributed by atoms with E-state index in [2.05, 4.69) is 12.6 Å². The lowest BCUT2D eigenvalue weighted by molar-refractivity contribution is -0.154. The molecule has 0 radical (unpaired) electrons. The topological polar surface area (TPSA) is 57.7 Å². The van der Waals surface area contributed by atoms with E-state index < -0.39 is 15.4 Å². The highest BCUT2D eigenvalue weighted by atomic mass is 35.5. The van der Waals surface area contributed by atoms with Crippen LogP contribution in [0.1, 0.15) is 62.6 Å². The van der Waals surface area contributed by atoms with Crippen LogP contribution in [0, 0.1) is 11.3 Å². The van der Waals surface area contributed by atoms with Crippen LogP contribution >= 0.6 is 23.2 Å². The highest BCUT2D eigenvalue weighted by Gasteiger charge is 2.54. The van der Waals surface area contributed by atoms with Crippen LogP contribution in [0.2, 0.25) is 10.0 Å². The number of sulfonamides is 1. The second-order valence-corrected chi connectivity index (χ2v) is 14.9. The number of piperidine rings is 1. The third-order valence-electron chi connectivity index (χ3n) is 8.81. The van der Waals surface area contributed by atoms with Crippen LogP contribution in [0.4, 0.5) is 5.69 Å². The van der Waals surface area contributed by atoms with Crippen molar-refractivity contribution in [2.45, 2.75) is 57.5 Å². The molecule has 8 heteroatoms. The molecule has 1 saturated carbocycles. The summed E-state index contributed by atoms with van der Waals surface area (Å²) in [5.41, 5.74) is 1.91. The summed E-state index contributed by atoms with van der Waals surface area (Å²) in [5.74, 6) is 0.0990. The molecule has 4 atom stereocenters. The average molecular weight is 626 g/mol.